The van der Waals surface area contributed by atoms with Crippen LogP contribution in [0, 0.1) is 0 Å². The molecule has 0 aliphatic heterocycles. The van der Waals surface area contributed by atoms with Crippen LogP contribution in [0.4, 0.5) is 0 Å². The van der Waals surface area contributed by atoms with Crippen molar-refractivity contribution in [1.29, 1.82) is 0 Å². The Hall–Kier alpha value is -3.06. The van der Waals surface area contributed by atoms with Crippen molar-refractivity contribution < 1.29 is 19.0 Å². The first-order valence-electron chi connectivity index (χ1n) is 8.21. The van der Waals surface area contributed by atoms with Crippen molar-refractivity contribution in [3.63, 3.8) is 0 Å². The molecule has 1 amide bonds. The van der Waals surface area contributed by atoms with Crippen molar-refractivity contribution in [3.05, 3.63) is 58.5 Å². The molecule has 0 radical (unpaired) electrons. The summed E-state index contributed by atoms with van der Waals surface area (Å²) < 4.78 is 15.9. The van der Waals surface area contributed by atoms with Crippen molar-refractivity contribution in [2.75, 3.05) is 21.3 Å². The van der Waals surface area contributed by atoms with Gasteiger partial charge in [0.1, 0.15) is 0 Å². The normalized spacial score (nSPS) is 10.3. The Morgan fingerprint density at radius 3 is 2.37 bits per heavy atom. The van der Waals surface area contributed by atoms with E-state index in [0.717, 1.165) is 16.7 Å². The number of ether oxygens (including phenoxy) is 3. The largest absolute Gasteiger partial charge is 0.493 e. The van der Waals surface area contributed by atoms with Crippen LogP contribution >= 0.6 is 11.3 Å². The van der Waals surface area contributed by atoms with Gasteiger partial charge in [-0.1, -0.05) is 0 Å². The first-order valence-corrected chi connectivity index (χ1v) is 9.15. The van der Waals surface area contributed by atoms with Crippen LogP contribution in [0.25, 0.3) is 11.1 Å². The zero-order chi connectivity index (χ0) is 19.2. The van der Waals surface area contributed by atoms with Gasteiger partial charge in [-0.05, 0) is 46.2 Å². The molecule has 0 atom stereocenters. The van der Waals surface area contributed by atoms with Crippen LogP contribution in [0.3, 0.4) is 0 Å². The number of amides is 1. The zero-order valence-corrected chi connectivity index (χ0v) is 16.1. The average molecular weight is 384 g/mol. The molecule has 1 N–H and O–H groups in total. The van der Waals surface area contributed by atoms with Gasteiger partial charge in [0.05, 0.1) is 21.3 Å². The predicted octanol–water partition coefficient (Wildman–Crippen LogP) is 3.77. The van der Waals surface area contributed by atoms with Crippen LogP contribution in [0.5, 0.6) is 17.2 Å². The van der Waals surface area contributed by atoms with E-state index in [-0.39, 0.29) is 5.91 Å². The van der Waals surface area contributed by atoms with Gasteiger partial charge in [0.2, 0.25) is 5.75 Å². The highest BCUT2D eigenvalue weighted by atomic mass is 32.1. The smallest absolute Gasteiger partial charge is 0.251 e. The molecule has 0 spiro atoms. The van der Waals surface area contributed by atoms with E-state index in [9.17, 15) is 4.79 Å². The number of pyridine rings is 1. The summed E-state index contributed by atoms with van der Waals surface area (Å²) in [6.07, 6.45) is 3.55. The average Bonchev–Trinajstić information content (AvgIpc) is 3.26. The number of carbonyl (C=O) groups excluding carboxylic acids is 1. The molecule has 0 aliphatic rings. The number of nitrogens with one attached hydrogen (secondary N) is 1. The second kappa shape index (κ2) is 8.55. The van der Waals surface area contributed by atoms with Crippen LogP contribution in [-0.4, -0.2) is 32.2 Å². The van der Waals surface area contributed by atoms with E-state index in [0.29, 0.717) is 29.4 Å². The van der Waals surface area contributed by atoms with Crippen molar-refractivity contribution in [1.82, 2.24) is 10.3 Å². The Labute approximate surface area is 161 Å². The highest BCUT2D eigenvalue weighted by Gasteiger charge is 2.17. The predicted molar refractivity (Wildman–Crippen MR) is 105 cm³/mol. The molecule has 6 nitrogen and oxygen atoms in total. The zero-order valence-electron chi connectivity index (χ0n) is 15.3. The first kappa shape index (κ1) is 18.7. The summed E-state index contributed by atoms with van der Waals surface area (Å²) in [5.41, 5.74) is 3.48. The van der Waals surface area contributed by atoms with Gasteiger partial charge in [-0.3, -0.25) is 9.78 Å². The monoisotopic (exact) mass is 384 g/mol. The lowest BCUT2D eigenvalue weighted by molar-refractivity contribution is 0.0950. The molecule has 0 fully saturated rings. The standard InChI is InChI=1S/C20H20N2O4S/c1-24-17-7-15(8-18(25-2)19(17)26-3)20(23)22-10-13-6-16(11-21-9-13)14-4-5-27-12-14/h4-9,11-12H,10H2,1-3H3,(H,22,23). The Kier molecular flexibility index (Phi) is 5.93. The van der Waals surface area contributed by atoms with E-state index < -0.39 is 0 Å². The summed E-state index contributed by atoms with van der Waals surface area (Å²) in [5.74, 6) is 1.07. The first-order chi connectivity index (χ1) is 13.2. The minimum Gasteiger partial charge on any atom is -0.493 e. The number of rotatable bonds is 7. The van der Waals surface area contributed by atoms with E-state index in [1.54, 1.807) is 29.7 Å². The van der Waals surface area contributed by atoms with Gasteiger partial charge < -0.3 is 19.5 Å². The summed E-state index contributed by atoms with van der Waals surface area (Å²) in [5, 5.41) is 6.99. The van der Waals surface area contributed by atoms with Gasteiger partial charge >= 0.3 is 0 Å². The fourth-order valence-corrected chi connectivity index (χ4v) is 3.33. The molecule has 7 heteroatoms. The quantitative estimate of drug-likeness (QED) is 0.672. The van der Waals surface area contributed by atoms with E-state index >= 15 is 0 Å². The molecule has 2 heterocycles. The lowest BCUT2D eigenvalue weighted by atomic mass is 10.1. The Balaban J connectivity index is 1.76. The molecule has 0 bridgehead atoms. The minimum absolute atomic E-state index is 0.241. The number of thiophene rings is 1. The van der Waals surface area contributed by atoms with Crippen LogP contribution in [0.2, 0.25) is 0 Å². The SMILES string of the molecule is COc1cc(C(=O)NCc2cncc(-c3ccsc3)c2)cc(OC)c1OC. The number of benzene rings is 1. The lowest BCUT2D eigenvalue weighted by Gasteiger charge is -2.14. The molecule has 0 unspecified atom stereocenters. The summed E-state index contributed by atoms with van der Waals surface area (Å²) in [6, 6.07) is 7.30. The second-order valence-electron chi connectivity index (χ2n) is 5.69. The van der Waals surface area contributed by atoms with Crippen molar-refractivity contribution in [2.24, 2.45) is 0 Å². The summed E-state index contributed by atoms with van der Waals surface area (Å²) in [7, 11) is 4.55. The fourth-order valence-electron chi connectivity index (χ4n) is 2.67. The molecular formula is C20H20N2O4S. The molecular weight excluding hydrogens is 364 g/mol. The van der Waals surface area contributed by atoms with Crippen LogP contribution in [-0.2, 0) is 6.54 Å². The Morgan fingerprint density at radius 1 is 1.04 bits per heavy atom. The third-order valence-corrected chi connectivity index (χ3v) is 4.71. The van der Waals surface area contributed by atoms with Gasteiger partial charge in [0.25, 0.3) is 5.91 Å². The van der Waals surface area contributed by atoms with Crippen LogP contribution < -0.4 is 19.5 Å². The van der Waals surface area contributed by atoms with Gasteiger partial charge in [-0.25, -0.2) is 0 Å². The summed E-state index contributed by atoms with van der Waals surface area (Å²) in [6.45, 7) is 0.362. The Morgan fingerprint density at radius 2 is 1.78 bits per heavy atom. The molecule has 2 aromatic heterocycles. The van der Waals surface area contributed by atoms with E-state index in [1.807, 2.05) is 23.7 Å². The second-order valence-corrected chi connectivity index (χ2v) is 6.47. The molecule has 3 aromatic rings. The highest BCUT2D eigenvalue weighted by Crippen LogP contribution is 2.38. The number of nitrogens with zero attached hydrogens (tertiary/aromatic N) is 1. The topological polar surface area (TPSA) is 69.7 Å². The molecule has 0 aliphatic carbocycles. The van der Waals surface area contributed by atoms with Gasteiger partial charge in [-0.2, -0.15) is 11.3 Å². The van der Waals surface area contributed by atoms with E-state index in [4.69, 9.17) is 14.2 Å². The van der Waals surface area contributed by atoms with Gasteiger partial charge in [-0.15, -0.1) is 0 Å². The van der Waals surface area contributed by atoms with Crippen LogP contribution in [0.1, 0.15) is 15.9 Å². The number of carbonyl (C=O) groups is 1. The molecule has 3 rings (SSSR count). The highest BCUT2D eigenvalue weighted by molar-refractivity contribution is 7.08. The van der Waals surface area contributed by atoms with Crippen molar-refractivity contribution in [2.45, 2.75) is 6.54 Å². The number of aromatic nitrogens is 1. The third kappa shape index (κ3) is 4.20. The van der Waals surface area contributed by atoms with Gasteiger partial charge in [0.15, 0.2) is 11.5 Å². The van der Waals surface area contributed by atoms with Crippen LogP contribution in [0.15, 0.2) is 47.4 Å². The van der Waals surface area contributed by atoms with E-state index in [2.05, 4.69) is 15.7 Å². The third-order valence-electron chi connectivity index (χ3n) is 4.03. The maximum absolute atomic E-state index is 12.6. The molecule has 0 saturated carbocycles. The molecule has 27 heavy (non-hydrogen) atoms. The lowest BCUT2D eigenvalue weighted by Crippen LogP contribution is -2.23. The molecule has 140 valence electrons. The van der Waals surface area contributed by atoms with Crippen molar-refractivity contribution >= 4 is 17.2 Å². The minimum atomic E-state index is -0.241. The molecule has 1 aromatic carbocycles. The fraction of sp³-hybridized carbons (Fsp3) is 0.200. The Bertz CT molecular complexity index is 900. The number of hydrogen-bond donors (Lipinski definition) is 1. The molecule has 0 saturated heterocycles. The van der Waals surface area contributed by atoms with E-state index in [1.165, 1.54) is 21.3 Å². The summed E-state index contributed by atoms with van der Waals surface area (Å²) in [4.78, 5) is 16.9. The van der Waals surface area contributed by atoms with Crippen molar-refractivity contribution in [3.8, 4) is 28.4 Å². The van der Waals surface area contributed by atoms with Gasteiger partial charge in [0, 0.05) is 30.1 Å². The summed E-state index contributed by atoms with van der Waals surface area (Å²) >= 11 is 1.63. The number of methoxy groups -OCH3 is 3. The maximum Gasteiger partial charge on any atom is 0.251 e. The maximum atomic E-state index is 12.6. The number of hydrogen-bond acceptors (Lipinski definition) is 6.